The molecular formula is C16H10O3. The predicted octanol–water partition coefficient (Wildman–Crippen LogP) is 2.51. The molecule has 0 aliphatic carbocycles. The van der Waals surface area contributed by atoms with Gasteiger partial charge in [0.1, 0.15) is 5.94 Å². The molecule has 3 nitrogen and oxygen atoms in total. The Kier molecular flexibility index (Phi) is 3.81. The second-order valence-electron chi connectivity index (χ2n) is 3.87. The molecule has 0 radical (unpaired) electrons. The van der Waals surface area contributed by atoms with Gasteiger partial charge in [-0.05, 0) is 0 Å². The minimum atomic E-state index is -0.607. The van der Waals surface area contributed by atoms with E-state index in [1.54, 1.807) is 60.7 Å². The van der Waals surface area contributed by atoms with E-state index in [1.165, 1.54) is 5.94 Å². The van der Waals surface area contributed by atoms with Crippen molar-refractivity contribution in [3.63, 3.8) is 0 Å². The van der Waals surface area contributed by atoms with E-state index in [4.69, 9.17) is 0 Å². The maximum absolute atomic E-state index is 12.1. The number of rotatable bonds is 4. The zero-order chi connectivity index (χ0) is 13.7. The van der Waals surface area contributed by atoms with Crippen LogP contribution in [0.25, 0.3) is 0 Å². The highest BCUT2D eigenvalue weighted by Crippen LogP contribution is 2.12. The monoisotopic (exact) mass is 250 g/mol. The number of carbonyl (C=O) groups is 2. The first-order valence-electron chi connectivity index (χ1n) is 5.68. The minimum Gasteiger partial charge on any atom is -0.288 e. The van der Waals surface area contributed by atoms with Gasteiger partial charge in [0, 0.05) is 11.1 Å². The third-order valence-corrected chi connectivity index (χ3v) is 2.63. The summed E-state index contributed by atoms with van der Waals surface area (Å²) in [4.78, 5) is 35.1. The van der Waals surface area contributed by atoms with E-state index in [0.29, 0.717) is 11.1 Å². The van der Waals surface area contributed by atoms with Crippen molar-refractivity contribution < 1.29 is 14.4 Å². The van der Waals surface area contributed by atoms with Gasteiger partial charge in [-0.25, -0.2) is 4.79 Å². The highest BCUT2D eigenvalue weighted by Gasteiger charge is 2.22. The normalized spacial score (nSPS) is 9.47. The van der Waals surface area contributed by atoms with Crippen LogP contribution in [-0.2, 0) is 4.79 Å². The van der Waals surface area contributed by atoms with Crippen LogP contribution >= 0.6 is 0 Å². The maximum Gasteiger partial charge on any atom is 0.208 e. The summed E-state index contributed by atoms with van der Waals surface area (Å²) in [5, 5.41) is 0. The van der Waals surface area contributed by atoms with Gasteiger partial charge >= 0.3 is 0 Å². The highest BCUT2D eigenvalue weighted by atomic mass is 16.2. The molecule has 0 atom stereocenters. The van der Waals surface area contributed by atoms with Crippen LogP contribution in [0.15, 0.2) is 66.2 Å². The molecule has 0 saturated carbocycles. The van der Waals surface area contributed by atoms with E-state index >= 15 is 0 Å². The molecule has 2 aromatic rings. The number of benzene rings is 2. The van der Waals surface area contributed by atoms with Gasteiger partial charge in [0.25, 0.3) is 0 Å². The van der Waals surface area contributed by atoms with Gasteiger partial charge in [0.15, 0.2) is 5.57 Å². The van der Waals surface area contributed by atoms with Gasteiger partial charge in [-0.2, -0.15) is 0 Å². The largest absolute Gasteiger partial charge is 0.288 e. The van der Waals surface area contributed by atoms with Crippen molar-refractivity contribution in [1.82, 2.24) is 0 Å². The van der Waals surface area contributed by atoms with Crippen LogP contribution in [0.5, 0.6) is 0 Å². The van der Waals surface area contributed by atoms with E-state index in [-0.39, 0.29) is 0 Å². The highest BCUT2D eigenvalue weighted by molar-refractivity contribution is 6.35. The first kappa shape index (κ1) is 12.7. The number of hydrogen-bond acceptors (Lipinski definition) is 3. The number of carbonyl (C=O) groups excluding carboxylic acids is 3. The fourth-order valence-electron chi connectivity index (χ4n) is 1.66. The number of allylic oxidation sites excluding steroid dienone is 1. The van der Waals surface area contributed by atoms with E-state index in [0.717, 1.165) is 0 Å². The van der Waals surface area contributed by atoms with Gasteiger partial charge in [-0.3, -0.25) is 9.59 Å². The zero-order valence-electron chi connectivity index (χ0n) is 10.00. The first-order valence-corrected chi connectivity index (χ1v) is 5.68. The lowest BCUT2D eigenvalue weighted by Crippen LogP contribution is -2.14. The fourth-order valence-corrected chi connectivity index (χ4v) is 1.66. The minimum absolute atomic E-state index is 0.296. The van der Waals surface area contributed by atoms with Crippen LogP contribution in [0, 0.1) is 0 Å². The standard InChI is InChI=1S/C16H10O3/c17-11-14(15(18)12-7-3-1-4-8-12)16(19)13-9-5-2-6-10-13/h1-10H. The van der Waals surface area contributed by atoms with Gasteiger partial charge in [-0.1, -0.05) is 60.7 Å². The summed E-state index contributed by atoms with van der Waals surface area (Å²) in [5.74, 6) is 0.252. The molecule has 0 spiro atoms. The van der Waals surface area contributed by atoms with E-state index in [9.17, 15) is 14.4 Å². The average molecular weight is 250 g/mol. The van der Waals surface area contributed by atoms with Crippen LogP contribution in [0.1, 0.15) is 20.7 Å². The molecule has 0 aromatic heterocycles. The summed E-state index contributed by atoms with van der Waals surface area (Å²) in [7, 11) is 0. The Balaban J connectivity index is 2.35. The Morgan fingerprint density at radius 2 is 1.05 bits per heavy atom. The molecule has 0 unspecified atom stereocenters. The maximum atomic E-state index is 12.1. The smallest absolute Gasteiger partial charge is 0.208 e. The molecule has 3 heteroatoms. The molecule has 0 N–H and O–H groups in total. The van der Waals surface area contributed by atoms with Gasteiger partial charge in [0.2, 0.25) is 11.6 Å². The summed E-state index contributed by atoms with van der Waals surface area (Å²) in [6.07, 6.45) is 0. The Hall–Kier alpha value is -2.77. The summed E-state index contributed by atoms with van der Waals surface area (Å²) in [6.45, 7) is 0. The van der Waals surface area contributed by atoms with Gasteiger partial charge in [-0.15, -0.1) is 0 Å². The molecule has 2 rings (SSSR count). The predicted molar refractivity (Wildman–Crippen MR) is 70.8 cm³/mol. The van der Waals surface area contributed by atoms with Crippen LogP contribution in [0.4, 0.5) is 0 Å². The quantitative estimate of drug-likeness (QED) is 0.275. The number of hydrogen-bond donors (Lipinski definition) is 0. The molecule has 0 aliphatic heterocycles. The Labute approximate surface area is 110 Å². The fraction of sp³-hybridized carbons (Fsp3) is 0. The second kappa shape index (κ2) is 5.71. The summed E-state index contributed by atoms with van der Waals surface area (Å²) in [6, 6.07) is 16.4. The summed E-state index contributed by atoms with van der Waals surface area (Å²) in [5.41, 5.74) is 0.118. The Bertz CT molecular complexity index is 597. The lowest BCUT2D eigenvalue weighted by atomic mass is 9.97. The van der Waals surface area contributed by atoms with Gasteiger partial charge in [0.05, 0.1) is 0 Å². The van der Waals surface area contributed by atoms with Crippen molar-refractivity contribution in [2.24, 2.45) is 0 Å². The molecular weight excluding hydrogens is 240 g/mol. The number of Topliss-reactive ketones (excluding diaryl/α,β-unsaturated/α-hetero) is 2. The van der Waals surface area contributed by atoms with Crippen LogP contribution < -0.4 is 0 Å². The lowest BCUT2D eigenvalue weighted by molar-refractivity contribution is 0.0965. The molecule has 0 aliphatic rings. The van der Waals surface area contributed by atoms with E-state index in [2.05, 4.69) is 0 Å². The molecule has 0 amide bonds. The van der Waals surface area contributed by atoms with Gasteiger partial charge < -0.3 is 0 Å². The third-order valence-electron chi connectivity index (χ3n) is 2.63. The molecule has 0 heterocycles. The average Bonchev–Trinajstić information content (AvgIpc) is 2.49. The first-order chi connectivity index (χ1) is 9.24. The third kappa shape index (κ3) is 2.73. The molecule has 0 bridgehead atoms. The van der Waals surface area contributed by atoms with Crippen LogP contribution in [0.2, 0.25) is 0 Å². The molecule has 0 saturated heterocycles. The second-order valence-corrected chi connectivity index (χ2v) is 3.87. The van der Waals surface area contributed by atoms with Crippen molar-refractivity contribution in [2.45, 2.75) is 0 Å². The molecule has 19 heavy (non-hydrogen) atoms. The summed E-state index contributed by atoms with van der Waals surface area (Å²) < 4.78 is 0. The molecule has 0 fully saturated rings. The Morgan fingerprint density at radius 3 is 1.37 bits per heavy atom. The van der Waals surface area contributed by atoms with Crippen molar-refractivity contribution in [2.75, 3.05) is 0 Å². The van der Waals surface area contributed by atoms with Crippen LogP contribution in [0.3, 0.4) is 0 Å². The lowest BCUT2D eigenvalue weighted by Gasteiger charge is -2.02. The van der Waals surface area contributed by atoms with Crippen molar-refractivity contribution in [3.05, 3.63) is 77.4 Å². The molecule has 92 valence electrons. The zero-order valence-corrected chi connectivity index (χ0v) is 10.00. The Morgan fingerprint density at radius 1 is 0.684 bits per heavy atom. The molecule has 2 aromatic carbocycles. The van der Waals surface area contributed by atoms with Crippen molar-refractivity contribution in [3.8, 4) is 0 Å². The topological polar surface area (TPSA) is 51.2 Å². The summed E-state index contributed by atoms with van der Waals surface area (Å²) >= 11 is 0. The van der Waals surface area contributed by atoms with Crippen LogP contribution in [-0.4, -0.2) is 17.5 Å². The van der Waals surface area contributed by atoms with E-state index in [1.807, 2.05) is 0 Å². The van der Waals surface area contributed by atoms with Crippen molar-refractivity contribution in [1.29, 1.82) is 0 Å². The number of ketones is 2. The van der Waals surface area contributed by atoms with E-state index < -0.39 is 17.1 Å². The SMILES string of the molecule is O=C=C(C(=O)c1ccccc1)C(=O)c1ccccc1. The van der Waals surface area contributed by atoms with Crippen molar-refractivity contribution >= 4 is 17.5 Å².